The van der Waals surface area contributed by atoms with Gasteiger partial charge >= 0.3 is 6.16 Å². The third kappa shape index (κ3) is 4.23. The summed E-state index contributed by atoms with van der Waals surface area (Å²) < 4.78 is 17.5. The van der Waals surface area contributed by atoms with Gasteiger partial charge in [0, 0.05) is 44.4 Å². The van der Waals surface area contributed by atoms with E-state index in [0.717, 1.165) is 19.3 Å². The summed E-state index contributed by atoms with van der Waals surface area (Å²) in [5, 5.41) is 13.6. The van der Waals surface area contributed by atoms with Crippen LogP contribution in [0.15, 0.2) is 24.3 Å². The molecule has 184 valence electrons. The number of ether oxygens (including phenoxy) is 3. The molecule has 0 radical (unpaired) electrons. The number of nitro groups is 1. The SMILES string of the molecule is CC(=O)NCC1C(OC(=O)Oc2ccc([N+](=O)[O-])cc2)CCCC12OOC1(CC3CCC1C3)O2. The van der Waals surface area contributed by atoms with Crippen molar-refractivity contribution in [1.29, 1.82) is 0 Å². The number of fused-ring (bicyclic) bond motifs is 3. The van der Waals surface area contributed by atoms with Crippen molar-refractivity contribution in [3.05, 3.63) is 34.4 Å². The van der Waals surface area contributed by atoms with Crippen LogP contribution in [0.3, 0.4) is 0 Å². The Balaban J connectivity index is 1.30. The zero-order valence-electron chi connectivity index (χ0n) is 18.9. The quantitative estimate of drug-likeness (QED) is 0.222. The van der Waals surface area contributed by atoms with E-state index >= 15 is 0 Å². The lowest BCUT2D eigenvalue weighted by Crippen LogP contribution is -2.55. The van der Waals surface area contributed by atoms with Gasteiger partial charge < -0.3 is 19.5 Å². The number of benzene rings is 1. The summed E-state index contributed by atoms with van der Waals surface area (Å²) in [6, 6.07) is 5.13. The van der Waals surface area contributed by atoms with Crippen molar-refractivity contribution in [2.24, 2.45) is 17.8 Å². The number of nitro benzene ring substituents is 1. The molecule has 1 amide bonds. The highest BCUT2D eigenvalue weighted by Gasteiger charge is 2.66. The summed E-state index contributed by atoms with van der Waals surface area (Å²) in [7, 11) is 0. The topological polar surface area (TPSA) is 135 Å². The lowest BCUT2D eigenvalue weighted by Gasteiger charge is -2.42. The lowest BCUT2D eigenvalue weighted by atomic mass is 9.80. The minimum Gasteiger partial charge on any atom is -0.430 e. The van der Waals surface area contributed by atoms with E-state index in [1.807, 2.05) is 0 Å². The number of nitrogens with zero attached hydrogens (tertiary/aromatic N) is 1. The van der Waals surface area contributed by atoms with Crippen molar-refractivity contribution in [1.82, 2.24) is 5.32 Å². The molecule has 11 nitrogen and oxygen atoms in total. The van der Waals surface area contributed by atoms with Crippen molar-refractivity contribution >= 4 is 17.7 Å². The van der Waals surface area contributed by atoms with E-state index < -0.39 is 34.7 Å². The van der Waals surface area contributed by atoms with Gasteiger partial charge in [0.25, 0.3) is 5.69 Å². The molecule has 1 N–H and O–H groups in total. The number of non-ortho nitro benzene ring substituents is 1. The second-order valence-corrected chi connectivity index (χ2v) is 9.67. The van der Waals surface area contributed by atoms with Crippen molar-refractivity contribution in [3.63, 3.8) is 0 Å². The maximum absolute atomic E-state index is 12.6. The Bertz CT molecular complexity index is 970. The zero-order valence-corrected chi connectivity index (χ0v) is 18.9. The number of nitrogens with one attached hydrogen (secondary N) is 1. The number of rotatable bonds is 5. The fourth-order valence-corrected chi connectivity index (χ4v) is 5.93. The largest absolute Gasteiger partial charge is 0.514 e. The summed E-state index contributed by atoms with van der Waals surface area (Å²) in [4.78, 5) is 46.3. The third-order valence-corrected chi connectivity index (χ3v) is 7.50. The van der Waals surface area contributed by atoms with Crippen LogP contribution < -0.4 is 10.1 Å². The molecule has 6 unspecified atom stereocenters. The molecule has 1 heterocycles. The first-order valence-electron chi connectivity index (χ1n) is 11.7. The van der Waals surface area contributed by atoms with Crippen molar-refractivity contribution in [2.45, 2.75) is 69.5 Å². The summed E-state index contributed by atoms with van der Waals surface area (Å²) in [5.74, 6) is -1.69. The molecule has 3 saturated carbocycles. The van der Waals surface area contributed by atoms with Gasteiger partial charge in [-0.15, -0.1) is 0 Å². The minimum atomic E-state index is -1.14. The van der Waals surface area contributed by atoms with Crippen molar-refractivity contribution in [2.75, 3.05) is 6.54 Å². The van der Waals surface area contributed by atoms with E-state index in [2.05, 4.69) is 5.32 Å². The zero-order chi connectivity index (χ0) is 23.9. The van der Waals surface area contributed by atoms with E-state index in [0.29, 0.717) is 25.2 Å². The molecule has 2 spiro atoms. The average Bonchev–Trinajstić information content (AvgIpc) is 3.49. The van der Waals surface area contributed by atoms with Gasteiger partial charge in [0.1, 0.15) is 11.9 Å². The second-order valence-electron chi connectivity index (χ2n) is 9.67. The normalized spacial score (nSPS) is 36.0. The number of carbonyl (C=O) groups excluding carboxylic acids is 2. The number of amides is 1. The monoisotopic (exact) mass is 476 g/mol. The van der Waals surface area contributed by atoms with Gasteiger partial charge in [0.05, 0.1) is 10.8 Å². The molecular weight excluding hydrogens is 448 g/mol. The lowest BCUT2D eigenvalue weighted by molar-refractivity contribution is -0.384. The van der Waals surface area contributed by atoms with E-state index in [4.69, 9.17) is 24.0 Å². The summed E-state index contributed by atoms with van der Waals surface area (Å²) >= 11 is 0. The Kier molecular flexibility index (Phi) is 5.95. The smallest absolute Gasteiger partial charge is 0.430 e. The van der Waals surface area contributed by atoms with Crippen LogP contribution in [0.1, 0.15) is 51.9 Å². The molecule has 1 aliphatic heterocycles. The standard InChI is InChI=1S/C23H28N2O9/c1-14(26)24-13-19-20(31-21(27)30-18-8-6-17(7-9-18)25(28)29)3-2-10-22(19)32-23(34-33-22)12-15-4-5-16(23)11-15/h6-9,15-16,19-20H,2-5,10-13H2,1H3,(H,24,26). The maximum Gasteiger partial charge on any atom is 0.514 e. The van der Waals surface area contributed by atoms with Crippen molar-refractivity contribution in [3.8, 4) is 5.75 Å². The molecule has 6 atom stereocenters. The van der Waals surface area contributed by atoms with Crippen LogP contribution in [0, 0.1) is 27.9 Å². The fraction of sp³-hybridized carbons (Fsp3) is 0.652. The highest BCUT2D eigenvalue weighted by Crippen LogP contribution is 2.59. The molecule has 0 aromatic heterocycles. The van der Waals surface area contributed by atoms with Crippen LogP contribution in [-0.4, -0.2) is 41.2 Å². The molecule has 11 heteroatoms. The maximum atomic E-state index is 12.6. The van der Waals surface area contributed by atoms with Crippen molar-refractivity contribution < 1.29 is 38.5 Å². The van der Waals surface area contributed by atoms with Gasteiger partial charge in [-0.3, -0.25) is 14.9 Å². The number of hydrogen-bond acceptors (Lipinski definition) is 9. The first-order chi connectivity index (χ1) is 16.3. The highest BCUT2D eigenvalue weighted by molar-refractivity contribution is 5.72. The van der Waals surface area contributed by atoms with Crippen LogP contribution in [0.5, 0.6) is 5.75 Å². The van der Waals surface area contributed by atoms with E-state index in [-0.39, 0.29) is 29.8 Å². The van der Waals surface area contributed by atoms with Gasteiger partial charge in [-0.05, 0) is 50.2 Å². The molecule has 3 aliphatic carbocycles. The molecule has 1 aromatic carbocycles. The van der Waals surface area contributed by atoms with Gasteiger partial charge in [-0.2, -0.15) is 9.78 Å². The average molecular weight is 476 g/mol. The Labute approximate surface area is 196 Å². The molecule has 2 bridgehead atoms. The van der Waals surface area contributed by atoms with E-state index in [9.17, 15) is 19.7 Å². The first kappa shape index (κ1) is 23.0. The molecule has 1 aromatic rings. The predicted molar refractivity (Wildman–Crippen MR) is 114 cm³/mol. The summed E-state index contributed by atoms with van der Waals surface area (Å²) in [6.45, 7) is 1.59. The molecule has 4 fully saturated rings. The fourth-order valence-electron chi connectivity index (χ4n) is 5.93. The van der Waals surface area contributed by atoms with Gasteiger partial charge in [0.2, 0.25) is 17.5 Å². The third-order valence-electron chi connectivity index (χ3n) is 7.50. The van der Waals surface area contributed by atoms with Crippen LogP contribution >= 0.6 is 0 Å². The minimum absolute atomic E-state index is 0.115. The molecule has 5 rings (SSSR count). The van der Waals surface area contributed by atoms with Crippen LogP contribution in [-0.2, 0) is 24.0 Å². The Morgan fingerprint density at radius 1 is 1.18 bits per heavy atom. The number of carbonyl (C=O) groups is 2. The highest BCUT2D eigenvalue weighted by atomic mass is 17.3. The first-order valence-corrected chi connectivity index (χ1v) is 11.7. The molecular formula is C23H28N2O9. The van der Waals surface area contributed by atoms with Gasteiger partial charge in [0.15, 0.2) is 0 Å². The Morgan fingerprint density at radius 3 is 2.59 bits per heavy atom. The summed E-state index contributed by atoms with van der Waals surface area (Å²) in [6.07, 6.45) is 4.18. The van der Waals surface area contributed by atoms with Crippen LogP contribution in [0.4, 0.5) is 10.5 Å². The molecule has 4 aliphatic rings. The van der Waals surface area contributed by atoms with E-state index in [1.165, 1.54) is 37.6 Å². The Morgan fingerprint density at radius 2 is 1.94 bits per heavy atom. The summed E-state index contributed by atoms with van der Waals surface area (Å²) in [5.41, 5.74) is -0.115. The number of hydrogen-bond donors (Lipinski definition) is 1. The second kappa shape index (κ2) is 8.79. The molecule has 34 heavy (non-hydrogen) atoms. The van der Waals surface area contributed by atoms with Crippen LogP contribution in [0.25, 0.3) is 0 Å². The van der Waals surface area contributed by atoms with Crippen LogP contribution in [0.2, 0.25) is 0 Å². The Hall–Kier alpha value is -2.76. The molecule has 1 saturated heterocycles. The van der Waals surface area contributed by atoms with Gasteiger partial charge in [-0.25, -0.2) is 4.79 Å². The van der Waals surface area contributed by atoms with Gasteiger partial charge in [-0.1, -0.05) is 0 Å². The van der Waals surface area contributed by atoms with E-state index in [1.54, 1.807) is 0 Å². The predicted octanol–water partition coefficient (Wildman–Crippen LogP) is 3.61.